The lowest BCUT2D eigenvalue weighted by Gasteiger charge is -2.37. The number of methoxy groups -OCH3 is 3. The lowest BCUT2D eigenvalue weighted by atomic mass is 9.66. The molecule has 0 saturated carbocycles. The average molecular weight is 518 g/mol. The van der Waals surface area contributed by atoms with E-state index in [9.17, 15) is 4.79 Å². The molecule has 0 aromatic heterocycles. The highest BCUT2D eigenvalue weighted by atomic mass is 16.7. The molecular weight excluding hydrogens is 490 g/mol. The van der Waals surface area contributed by atoms with Crippen molar-refractivity contribution in [3.8, 4) is 28.7 Å². The van der Waals surface area contributed by atoms with Gasteiger partial charge in [-0.05, 0) is 47.5 Å². The molecule has 3 atom stereocenters. The first-order valence-electron chi connectivity index (χ1n) is 12.3. The summed E-state index contributed by atoms with van der Waals surface area (Å²) in [4.78, 5) is 18.5. The molecule has 3 aromatic rings. The van der Waals surface area contributed by atoms with Gasteiger partial charge in [0.2, 0.25) is 12.5 Å². The number of hydrogen-bond acceptors (Lipinski definition) is 9. The Bertz CT molecular complexity index is 1380. The molecule has 9 heteroatoms. The number of esters is 1. The number of nitrogens with zero attached hydrogens (tertiary/aromatic N) is 1. The monoisotopic (exact) mass is 517 g/mol. The van der Waals surface area contributed by atoms with Crippen molar-refractivity contribution in [2.75, 3.05) is 41.3 Å². The molecule has 38 heavy (non-hydrogen) atoms. The molecule has 0 bridgehead atoms. The molecule has 0 saturated heterocycles. The third-order valence-electron chi connectivity index (χ3n) is 7.33. The highest BCUT2D eigenvalue weighted by molar-refractivity contribution is 6.06. The molecule has 9 nitrogen and oxygen atoms in total. The molecule has 0 unspecified atom stereocenters. The quantitative estimate of drug-likeness (QED) is 0.426. The minimum absolute atomic E-state index is 0.115. The van der Waals surface area contributed by atoms with Crippen LogP contribution in [0.1, 0.15) is 33.0 Å². The van der Waals surface area contributed by atoms with Crippen LogP contribution in [0.4, 0.5) is 0 Å². The van der Waals surface area contributed by atoms with E-state index in [1.54, 1.807) is 33.5 Å². The number of rotatable bonds is 7. The van der Waals surface area contributed by atoms with Gasteiger partial charge in [0.1, 0.15) is 6.61 Å². The molecule has 3 aliphatic rings. The topological polar surface area (TPSA) is 94.0 Å². The van der Waals surface area contributed by atoms with Crippen molar-refractivity contribution in [3.05, 3.63) is 76.9 Å². The lowest BCUT2D eigenvalue weighted by molar-refractivity contribution is 0.0360. The average Bonchev–Trinajstić information content (AvgIpc) is 3.64. The largest absolute Gasteiger partial charge is 0.493 e. The number of ether oxygens (including phenoxy) is 6. The third-order valence-corrected chi connectivity index (χ3v) is 7.33. The van der Waals surface area contributed by atoms with Crippen LogP contribution >= 0.6 is 0 Å². The number of oxime groups is 1. The molecular formula is C29H27NO8. The fraction of sp³-hybridized carbons (Fsp3) is 0.310. The summed E-state index contributed by atoms with van der Waals surface area (Å²) in [6, 6.07) is 16.8. The molecule has 0 radical (unpaired) electrons. The van der Waals surface area contributed by atoms with Gasteiger partial charge >= 0.3 is 5.97 Å². The van der Waals surface area contributed by atoms with Crippen molar-refractivity contribution >= 4 is 11.7 Å². The summed E-state index contributed by atoms with van der Waals surface area (Å²) in [7, 11) is 4.74. The van der Waals surface area contributed by atoms with E-state index >= 15 is 0 Å². The molecule has 2 heterocycles. The van der Waals surface area contributed by atoms with Crippen molar-refractivity contribution in [2.45, 2.75) is 5.92 Å². The Balaban J connectivity index is 1.48. The second-order valence-corrected chi connectivity index (χ2v) is 9.24. The summed E-state index contributed by atoms with van der Waals surface area (Å²) in [5.41, 5.74) is 4.09. The number of benzene rings is 3. The van der Waals surface area contributed by atoms with Crippen LogP contribution in [0.5, 0.6) is 28.7 Å². The van der Waals surface area contributed by atoms with Gasteiger partial charge < -0.3 is 33.3 Å². The van der Waals surface area contributed by atoms with Gasteiger partial charge in [-0.3, -0.25) is 0 Å². The highest BCUT2D eigenvalue weighted by Gasteiger charge is 2.46. The summed E-state index contributed by atoms with van der Waals surface area (Å²) < 4.78 is 34.2. The fourth-order valence-electron chi connectivity index (χ4n) is 5.56. The Morgan fingerprint density at radius 2 is 1.66 bits per heavy atom. The predicted octanol–water partition coefficient (Wildman–Crippen LogP) is 4.41. The first kappa shape index (κ1) is 24.0. The number of carbonyl (C=O) groups is 1. The predicted molar refractivity (Wildman–Crippen MR) is 137 cm³/mol. The highest BCUT2D eigenvalue weighted by Crippen LogP contribution is 2.51. The Hall–Kier alpha value is -4.40. The van der Waals surface area contributed by atoms with E-state index in [0.717, 1.165) is 22.4 Å². The van der Waals surface area contributed by atoms with E-state index in [2.05, 4.69) is 5.16 Å². The maximum absolute atomic E-state index is 12.9. The zero-order chi connectivity index (χ0) is 26.2. The maximum Gasteiger partial charge on any atom is 0.338 e. The fourth-order valence-corrected chi connectivity index (χ4v) is 5.56. The minimum Gasteiger partial charge on any atom is -0.493 e. The van der Waals surface area contributed by atoms with E-state index in [-0.39, 0.29) is 37.1 Å². The summed E-state index contributed by atoms with van der Waals surface area (Å²) in [5, 5.41) is 4.39. The van der Waals surface area contributed by atoms with E-state index in [0.29, 0.717) is 40.9 Å². The number of hydrogen-bond donors (Lipinski definition) is 0. The van der Waals surface area contributed by atoms with Crippen molar-refractivity contribution in [2.24, 2.45) is 17.0 Å². The molecule has 6 rings (SSSR count). The summed E-state index contributed by atoms with van der Waals surface area (Å²) in [6.45, 7) is 0.672. The molecule has 2 aliphatic heterocycles. The number of carbonyl (C=O) groups excluding carboxylic acids is 1. The van der Waals surface area contributed by atoms with Crippen LogP contribution in [0.15, 0.2) is 59.8 Å². The zero-order valence-electron chi connectivity index (χ0n) is 21.3. The standard InChI is InChI=1S/C29H27NO8/c1-32-24-9-17(10-25(33-2)28(24)34-3)26-18-11-22-23(37-15-36-22)12-19(18)27-21(14-38-30-27)20(26)13-35-29(31)16-7-5-4-6-8-16/h4-12,20-21,26H,13-15H2,1-3H3/t20-,21-,26+/m0/s1. The molecule has 1 aliphatic carbocycles. The lowest BCUT2D eigenvalue weighted by Crippen LogP contribution is -2.38. The summed E-state index contributed by atoms with van der Waals surface area (Å²) in [5.74, 6) is 1.95. The first-order valence-corrected chi connectivity index (χ1v) is 12.3. The maximum atomic E-state index is 12.9. The second-order valence-electron chi connectivity index (χ2n) is 9.24. The van der Waals surface area contributed by atoms with Crippen LogP contribution in [0, 0.1) is 11.8 Å². The zero-order valence-corrected chi connectivity index (χ0v) is 21.3. The van der Waals surface area contributed by atoms with Crippen LogP contribution in [0.2, 0.25) is 0 Å². The Kier molecular flexibility index (Phi) is 6.19. The molecule has 0 N–H and O–H groups in total. The van der Waals surface area contributed by atoms with Crippen LogP contribution in [0.25, 0.3) is 0 Å². The van der Waals surface area contributed by atoms with Crippen LogP contribution < -0.4 is 23.7 Å². The molecule has 3 aromatic carbocycles. The van der Waals surface area contributed by atoms with Gasteiger partial charge in [-0.2, -0.15) is 0 Å². The van der Waals surface area contributed by atoms with Gasteiger partial charge in [0.15, 0.2) is 23.0 Å². The van der Waals surface area contributed by atoms with Crippen molar-refractivity contribution in [1.82, 2.24) is 0 Å². The van der Waals surface area contributed by atoms with Gasteiger partial charge in [-0.1, -0.05) is 23.4 Å². The Morgan fingerprint density at radius 1 is 0.947 bits per heavy atom. The SMILES string of the molecule is COc1cc([C@@H]2c3cc4c(cc3C3=NOC[C@H]3[C@@H]2COC(=O)c2ccccc2)OCO4)cc(OC)c1OC. The van der Waals surface area contributed by atoms with Gasteiger partial charge in [-0.15, -0.1) is 0 Å². The van der Waals surface area contributed by atoms with Gasteiger partial charge in [0, 0.05) is 23.3 Å². The Labute approximate surface area is 219 Å². The van der Waals surface area contributed by atoms with Crippen molar-refractivity contribution in [3.63, 3.8) is 0 Å². The summed E-state index contributed by atoms with van der Waals surface area (Å²) in [6.07, 6.45) is 0. The normalized spacial score (nSPS) is 20.5. The van der Waals surface area contributed by atoms with E-state index in [4.69, 9.17) is 33.3 Å². The van der Waals surface area contributed by atoms with Crippen molar-refractivity contribution in [1.29, 1.82) is 0 Å². The second kappa shape index (κ2) is 9.81. The van der Waals surface area contributed by atoms with Crippen LogP contribution in [-0.2, 0) is 9.57 Å². The summed E-state index contributed by atoms with van der Waals surface area (Å²) >= 11 is 0. The van der Waals surface area contributed by atoms with Crippen LogP contribution in [0.3, 0.4) is 0 Å². The van der Waals surface area contributed by atoms with Crippen molar-refractivity contribution < 1.29 is 38.1 Å². The molecule has 0 spiro atoms. The van der Waals surface area contributed by atoms with Crippen LogP contribution in [-0.4, -0.2) is 53.0 Å². The smallest absolute Gasteiger partial charge is 0.338 e. The number of fused-ring (bicyclic) bond motifs is 4. The van der Waals surface area contributed by atoms with Gasteiger partial charge in [0.25, 0.3) is 0 Å². The molecule has 0 amide bonds. The van der Waals surface area contributed by atoms with E-state index < -0.39 is 0 Å². The molecule has 0 fully saturated rings. The third kappa shape index (κ3) is 3.95. The van der Waals surface area contributed by atoms with Gasteiger partial charge in [0.05, 0.1) is 39.2 Å². The minimum atomic E-state index is -0.386. The van der Waals surface area contributed by atoms with Gasteiger partial charge in [-0.25, -0.2) is 4.79 Å². The first-order chi connectivity index (χ1) is 18.6. The van der Waals surface area contributed by atoms with E-state index in [1.807, 2.05) is 42.5 Å². The molecule has 196 valence electrons. The van der Waals surface area contributed by atoms with E-state index in [1.165, 1.54) is 0 Å². The Morgan fingerprint density at radius 3 is 2.34 bits per heavy atom.